The number of ketones is 1. The lowest BCUT2D eigenvalue weighted by Gasteiger charge is -2.52. The van der Waals surface area contributed by atoms with Gasteiger partial charge in [0.15, 0.2) is 5.78 Å². The number of ether oxygens (including phenoxy) is 1. The molecule has 0 radical (unpaired) electrons. The molecule has 6 rings (SSSR count). The van der Waals surface area contributed by atoms with Crippen LogP contribution in [0.2, 0.25) is 0 Å². The minimum absolute atomic E-state index is 0.0735. The van der Waals surface area contributed by atoms with Gasteiger partial charge in [-0.15, -0.1) is 0 Å². The fraction of sp³-hybridized carbons (Fsp3) is 0.889. The lowest BCUT2D eigenvalue weighted by Crippen LogP contribution is -2.49. The Kier molecular flexibility index (Phi) is 4.64. The fourth-order valence-corrected chi connectivity index (χ4v) is 9.50. The fourth-order valence-electron chi connectivity index (χ4n) is 9.50. The van der Waals surface area contributed by atoms with Crippen LogP contribution in [0.25, 0.3) is 0 Å². The van der Waals surface area contributed by atoms with Crippen molar-refractivity contribution in [1.29, 1.82) is 0 Å². The van der Waals surface area contributed by atoms with E-state index < -0.39 is 0 Å². The maximum absolute atomic E-state index is 14.1. The summed E-state index contributed by atoms with van der Waals surface area (Å²) < 4.78 is 6.94. The van der Waals surface area contributed by atoms with E-state index in [2.05, 4.69) is 33.0 Å². The maximum Gasteiger partial charge on any atom is 0.163 e. The van der Waals surface area contributed by atoms with Gasteiger partial charge in [0.05, 0.1) is 17.8 Å². The second kappa shape index (κ2) is 6.90. The topological polar surface area (TPSA) is 58.6 Å². The summed E-state index contributed by atoms with van der Waals surface area (Å²) in [5, 5.41) is 14.1. The lowest BCUT2D eigenvalue weighted by atomic mass is 9.52. The van der Waals surface area contributed by atoms with E-state index in [0.29, 0.717) is 41.4 Å². The van der Waals surface area contributed by atoms with Crippen LogP contribution in [0.15, 0.2) is 11.1 Å². The van der Waals surface area contributed by atoms with E-state index in [1.54, 1.807) is 0 Å². The molecule has 4 heteroatoms. The van der Waals surface area contributed by atoms with Gasteiger partial charge in [-0.3, -0.25) is 4.79 Å². The molecule has 2 saturated heterocycles. The number of allylic oxidation sites excluding steroid dienone is 1. The van der Waals surface area contributed by atoms with Crippen LogP contribution in [-0.2, 0) is 9.53 Å². The molecule has 11 atom stereocenters. The molecule has 4 nitrogen and oxygen atoms in total. The summed E-state index contributed by atoms with van der Waals surface area (Å²) in [6, 6.07) is 0.420. The summed E-state index contributed by atoms with van der Waals surface area (Å²) in [6.45, 7) is 10.4. The Hall–Kier alpha value is -0.710. The van der Waals surface area contributed by atoms with Gasteiger partial charge in [-0.05, 0) is 99.5 Å². The van der Waals surface area contributed by atoms with Gasteiger partial charge in [-0.1, -0.05) is 20.8 Å². The van der Waals surface area contributed by atoms with Crippen molar-refractivity contribution < 1.29 is 14.6 Å². The normalized spacial score (nSPS) is 56.3. The van der Waals surface area contributed by atoms with Crippen molar-refractivity contribution in [3.8, 4) is 0 Å². The van der Waals surface area contributed by atoms with Crippen LogP contribution in [0.5, 0.6) is 0 Å². The number of fused-ring (bicyclic) bond motifs is 6. The molecular weight excluding hydrogens is 386 g/mol. The number of carbonyl (C=O) groups is 1. The molecule has 0 aromatic rings. The van der Waals surface area contributed by atoms with Crippen molar-refractivity contribution >= 4 is 5.78 Å². The largest absolute Gasteiger partial charge is 0.393 e. The Morgan fingerprint density at radius 3 is 2.71 bits per heavy atom. The number of hydrogen-bond acceptors (Lipinski definition) is 4. The Balaban J connectivity index is 1.38. The number of carbonyl (C=O) groups excluding carboxylic acids is 1. The SMILES string of the molecule is CC1=C2C(=O)[C@H]3[C@@H](CC[C@H]4C[C@@H](O)CC[C@@]43C)[C@@H]2CC[C@@]12O[C@H]1C[C@H](C)CN[C@H]1[C@@H]2C. The molecule has 0 aromatic heterocycles. The first kappa shape index (κ1) is 20.9. The predicted octanol–water partition coefficient (Wildman–Crippen LogP) is 4.26. The first-order valence-corrected chi connectivity index (χ1v) is 13.1. The Bertz CT molecular complexity index is 821. The smallest absolute Gasteiger partial charge is 0.163 e. The monoisotopic (exact) mass is 427 g/mol. The average molecular weight is 428 g/mol. The van der Waals surface area contributed by atoms with Crippen LogP contribution in [0.3, 0.4) is 0 Å². The molecular formula is C27H41NO3. The van der Waals surface area contributed by atoms with Crippen LogP contribution in [-0.4, -0.2) is 41.3 Å². The molecule has 2 aliphatic heterocycles. The Morgan fingerprint density at radius 2 is 1.90 bits per heavy atom. The van der Waals surface area contributed by atoms with E-state index >= 15 is 0 Å². The number of aliphatic hydroxyl groups is 1. The van der Waals surface area contributed by atoms with E-state index in [-0.39, 0.29) is 29.1 Å². The van der Waals surface area contributed by atoms with Gasteiger partial charge < -0.3 is 15.2 Å². The second-order valence-corrected chi connectivity index (χ2v) is 12.5. The number of nitrogens with one attached hydrogen (secondary N) is 1. The summed E-state index contributed by atoms with van der Waals surface area (Å²) in [6.07, 6.45) is 8.57. The van der Waals surface area contributed by atoms with Gasteiger partial charge >= 0.3 is 0 Å². The van der Waals surface area contributed by atoms with Crippen molar-refractivity contribution in [2.45, 2.75) is 103 Å². The summed E-state index contributed by atoms with van der Waals surface area (Å²) in [5.74, 6) is 3.17. The number of hydrogen-bond donors (Lipinski definition) is 2. The number of Topliss-reactive ketones (excluding diaryl/α,β-unsaturated/α-hetero) is 1. The Morgan fingerprint density at radius 1 is 1.10 bits per heavy atom. The van der Waals surface area contributed by atoms with Crippen molar-refractivity contribution in [3.63, 3.8) is 0 Å². The highest BCUT2D eigenvalue weighted by Gasteiger charge is 2.64. The molecule has 172 valence electrons. The molecule has 0 unspecified atom stereocenters. The molecule has 6 aliphatic rings. The van der Waals surface area contributed by atoms with E-state index in [9.17, 15) is 9.90 Å². The highest BCUT2D eigenvalue weighted by molar-refractivity contribution is 6.02. The van der Waals surface area contributed by atoms with E-state index in [1.165, 1.54) is 24.0 Å². The highest BCUT2D eigenvalue weighted by Crippen LogP contribution is 2.65. The van der Waals surface area contributed by atoms with E-state index in [4.69, 9.17) is 4.74 Å². The van der Waals surface area contributed by atoms with Gasteiger partial charge in [-0.2, -0.15) is 0 Å². The maximum atomic E-state index is 14.1. The molecule has 2 heterocycles. The van der Waals surface area contributed by atoms with Crippen molar-refractivity contribution in [2.24, 2.45) is 40.9 Å². The predicted molar refractivity (Wildman–Crippen MR) is 120 cm³/mol. The van der Waals surface area contributed by atoms with Gasteiger partial charge in [0, 0.05) is 23.5 Å². The molecule has 31 heavy (non-hydrogen) atoms. The molecule has 2 N–H and O–H groups in total. The Labute approximate surface area is 187 Å². The quantitative estimate of drug-likeness (QED) is 0.606. The number of rotatable bonds is 0. The van der Waals surface area contributed by atoms with Crippen LogP contribution in [0, 0.1) is 40.9 Å². The summed E-state index contributed by atoms with van der Waals surface area (Å²) >= 11 is 0. The van der Waals surface area contributed by atoms with Gasteiger partial charge in [0.1, 0.15) is 0 Å². The molecule has 5 fully saturated rings. The highest BCUT2D eigenvalue weighted by atomic mass is 16.5. The summed E-state index contributed by atoms with van der Waals surface area (Å²) in [5.41, 5.74) is 2.29. The number of piperidine rings is 1. The van der Waals surface area contributed by atoms with Gasteiger partial charge in [0.2, 0.25) is 0 Å². The molecule has 0 aromatic carbocycles. The standard InChI is InChI=1S/C27H41NO3/c1-14-11-21-24(28-13-14)16(3)27(31-21)10-8-19-20-6-5-17-12-18(29)7-9-26(17,4)23(20)25(30)22(19)15(27)2/h14,16-21,23-24,28-29H,5-13H2,1-4H3/t14-,16-,17-,18-,19-,20-,21-,23+,24-,26-,27+/m0/s1. The third kappa shape index (κ3) is 2.68. The van der Waals surface area contributed by atoms with Crippen LogP contribution >= 0.6 is 0 Å². The number of aliphatic hydroxyl groups excluding tert-OH is 1. The lowest BCUT2D eigenvalue weighted by molar-refractivity contribution is -0.132. The van der Waals surface area contributed by atoms with Gasteiger partial charge in [0.25, 0.3) is 0 Å². The zero-order valence-corrected chi connectivity index (χ0v) is 19.8. The average Bonchev–Trinajstić information content (AvgIpc) is 3.18. The van der Waals surface area contributed by atoms with Gasteiger partial charge in [-0.25, -0.2) is 0 Å². The van der Waals surface area contributed by atoms with Crippen molar-refractivity contribution in [2.75, 3.05) is 6.54 Å². The van der Waals surface area contributed by atoms with Crippen LogP contribution in [0.4, 0.5) is 0 Å². The molecule has 0 bridgehead atoms. The van der Waals surface area contributed by atoms with Crippen LogP contribution < -0.4 is 5.32 Å². The third-order valence-corrected chi connectivity index (χ3v) is 11.2. The van der Waals surface area contributed by atoms with Crippen molar-refractivity contribution in [3.05, 3.63) is 11.1 Å². The minimum Gasteiger partial charge on any atom is -0.393 e. The third-order valence-electron chi connectivity index (χ3n) is 11.2. The first-order chi connectivity index (χ1) is 14.8. The second-order valence-electron chi connectivity index (χ2n) is 12.5. The molecule has 3 saturated carbocycles. The van der Waals surface area contributed by atoms with E-state index in [0.717, 1.165) is 45.1 Å². The molecule has 4 aliphatic carbocycles. The van der Waals surface area contributed by atoms with Crippen molar-refractivity contribution in [1.82, 2.24) is 5.32 Å². The molecule has 0 amide bonds. The van der Waals surface area contributed by atoms with E-state index in [1.807, 2.05) is 0 Å². The van der Waals surface area contributed by atoms with Crippen LogP contribution in [0.1, 0.15) is 79.1 Å². The first-order valence-electron chi connectivity index (χ1n) is 13.1. The molecule has 1 spiro atoms. The zero-order chi connectivity index (χ0) is 21.7. The minimum atomic E-state index is -0.246. The summed E-state index contributed by atoms with van der Waals surface area (Å²) in [4.78, 5) is 14.1. The zero-order valence-electron chi connectivity index (χ0n) is 19.8. The summed E-state index contributed by atoms with van der Waals surface area (Å²) in [7, 11) is 0.